The fourth-order valence-electron chi connectivity index (χ4n) is 3.04. The average molecular weight is 414 g/mol. The third-order valence-corrected chi connectivity index (χ3v) is 4.57. The van der Waals surface area contributed by atoms with Gasteiger partial charge in [-0.1, -0.05) is 0 Å². The molecule has 0 saturated carbocycles. The second kappa shape index (κ2) is 8.53. The molecule has 12 heteroatoms. The molecule has 3 aromatic heterocycles. The van der Waals surface area contributed by atoms with Crippen LogP contribution in [0.4, 0.5) is 28.1 Å². The Bertz CT molecular complexity index is 995. The molecule has 1 aliphatic rings. The number of anilines is 4. The van der Waals surface area contributed by atoms with E-state index in [-0.39, 0.29) is 12.1 Å². The van der Waals surface area contributed by atoms with Crippen LogP contribution in [0.25, 0.3) is 0 Å². The number of rotatable bonds is 6. The molecule has 30 heavy (non-hydrogen) atoms. The highest BCUT2D eigenvalue weighted by Gasteiger charge is 2.23. The van der Waals surface area contributed by atoms with Gasteiger partial charge in [0.05, 0.1) is 37.7 Å². The normalized spacial score (nSPS) is 17.6. The van der Waals surface area contributed by atoms with Gasteiger partial charge in [-0.05, 0) is 20.8 Å². The lowest BCUT2D eigenvalue weighted by atomic mass is 10.3. The molecule has 0 spiro atoms. The molecule has 2 atom stereocenters. The largest absolute Gasteiger partial charge is 0.377 e. The molecule has 1 saturated heterocycles. The Balaban J connectivity index is 1.62. The molecule has 4 heterocycles. The molecule has 0 aliphatic carbocycles. The lowest BCUT2D eigenvalue weighted by Gasteiger charge is -2.33. The summed E-state index contributed by atoms with van der Waals surface area (Å²) < 4.78 is 18.6. The number of H-pyrrole nitrogens is 1. The molecule has 0 aromatic carbocycles. The predicted octanol–water partition coefficient (Wildman–Crippen LogP) is 1.97. The molecular formula is C18H23FN10O. The fraction of sp³-hybridized carbons (Fsp3) is 0.444. The van der Waals surface area contributed by atoms with Crippen LogP contribution in [0.1, 0.15) is 31.4 Å². The Morgan fingerprint density at radius 2 is 2.00 bits per heavy atom. The Hall–Kier alpha value is -3.41. The summed E-state index contributed by atoms with van der Waals surface area (Å²) in [5.41, 5.74) is 0.911. The highest BCUT2D eigenvalue weighted by atomic mass is 19.1. The predicted molar refractivity (Wildman–Crippen MR) is 108 cm³/mol. The maximum absolute atomic E-state index is 13.1. The van der Waals surface area contributed by atoms with E-state index in [2.05, 4.69) is 57.6 Å². The highest BCUT2D eigenvalue weighted by molar-refractivity contribution is 5.53. The van der Waals surface area contributed by atoms with E-state index in [1.165, 1.54) is 0 Å². The molecule has 0 amide bonds. The maximum atomic E-state index is 13.1. The summed E-state index contributed by atoms with van der Waals surface area (Å²) in [5.74, 6) is 1.74. The number of nitrogens with one attached hydrogen (secondary N) is 3. The van der Waals surface area contributed by atoms with E-state index in [4.69, 9.17) is 4.74 Å². The summed E-state index contributed by atoms with van der Waals surface area (Å²) >= 11 is 0. The van der Waals surface area contributed by atoms with Gasteiger partial charge >= 0.3 is 0 Å². The van der Waals surface area contributed by atoms with Crippen molar-refractivity contribution in [2.75, 3.05) is 35.3 Å². The molecule has 158 valence electrons. The molecule has 0 bridgehead atoms. The summed E-state index contributed by atoms with van der Waals surface area (Å²) in [5, 5.41) is 13.3. The van der Waals surface area contributed by atoms with Gasteiger partial charge < -0.3 is 20.3 Å². The zero-order valence-electron chi connectivity index (χ0n) is 16.9. The van der Waals surface area contributed by atoms with Gasteiger partial charge in [0.1, 0.15) is 5.82 Å². The Morgan fingerprint density at radius 1 is 1.23 bits per heavy atom. The minimum absolute atomic E-state index is 0.118. The van der Waals surface area contributed by atoms with Gasteiger partial charge in [0.2, 0.25) is 17.8 Å². The van der Waals surface area contributed by atoms with Crippen LogP contribution in [0.15, 0.2) is 18.5 Å². The molecule has 1 fully saturated rings. The van der Waals surface area contributed by atoms with Gasteiger partial charge in [-0.3, -0.25) is 5.10 Å². The van der Waals surface area contributed by atoms with Gasteiger partial charge in [-0.15, -0.1) is 0 Å². The van der Waals surface area contributed by atoms with Crippen LogP contribution in [0, 0.1) is 12.7 Å². The summed E-state index contributed by atoms with van der Waals surface area (Å²) in [7, 11) is 0. The van der Waals surface area contributed by atoms with Crippen LogP contribution in [0.3, 0.4) is 0 Å². The van der Waals surface area contributed by atoms with E-state index in [0.717, 1.165) is 18.1 Å². The minimum Gasteiger partial charge on any atom is -0.377 e. The molecule has 3 aromatic rings. The van der Waals surface area contributed by atoms with Gasteiger partial charge in [0, 0.05) is 18.3 Å². The monoisotopic (exact) mass is 414 g/mol. The van der Waals surface area contributed by atoms with Crippen molar-refractivity contribution < 1.29 is 9.13 Å². The second-order valence-electron chi connectivity index (χ2n) is 7.09. The number of nitrogens with zero attached hydrogens (tertiary/aromatic N) is 7. The van der Waals surface area contributed by atoms with Crippen LogP contribution < -0.4 is 15.5 Å². The quantitative estimate of drug-likeness (QED) is 0.550. The number of aryl methyl sites for hydroxylation is 1. The number of hydrogen-bond donors (Lipinski definition) is 3. The summed E-state index contributed by atoms with van der Waals surface area (Å²) in [6.07, 6.45) is 2.25. The first-order valence-corrected chi connectivity index (χ1v) is 9.61. The molecule has 0 radical (unpaired) electrons. The van der Waals surface area contributed by atoms with Crippen LogP contribution in [0.5, 0.6) is 0 Å². The molecule has 11 nitrogen and oxygen atoms in total. The first-order chi connectivity index (χ1) is 14.5. The number of aromatic nitrogens is 7. The number of ether oxygens (including phenoxy) is 1. The van der Waals surface area contributed by atoms with E-state index in [9.17, 15) is 4.39 Å². The van der Waals surface area contributed by atoms with Crippen molar-refractivity contribution in [1.29, 1.82) is 0 Å². The Morgan fingerprint density at radius 3 is 2.70 bits per heavy atom. The standard InChI is InChI=1S/C18H23FN10O/c1-10-6-14(28-27-10)23-17-24-16(22-12(3)15-20-7-13(19)8-21-15)25-18(26-17)29-4-5-30-9-11(29)2/h6-8,11-12H,4-5,9H2,1-3H3,(H3,22,23,24,25,26,27,28)/t11-,12-/m0/s1. The first-order valence-electron chi connectivity index (χ1n) is 9.61. The van der Waals surface area contributed by atoms with E-state index in [0.29, 0.717) is 49.2 Å². The zero-order valence-corrected chi connectivity index (χ0v) is 16.9. The lowest BCUT2D eigenvalue weighted by molar-refractivity contribution is 0.0981. The first kappa shape index (κ1) is 19.9. The topological polar surface area (TPSA) is 130 Å². The van der Waals surface area contributed by atoms with Crippen LogP contribution in [-0.4, -0.2) is 60.9 Å². The van der Waals surface area contributed by atoms with Crippen molar-refractivity contribution in [2.45, 2.75) is 32.9 Å². The van der Waals surface area contributed by atoms with Gasteiger partial charge in [0.15, 0.2) is 11.6 Å². The van der Waals surface area contributed by atoms with Crippen molar-refractivity contribution in [2.24, 2.45) is 0 Å². The maximum Gasteiger partial charge on any atom is 0.235 e. The van der Waals surface area contributed by atoms with Crippen LogP contribution in [0.2, 0.25) is 0 Å². The molecule has 4 rings (SSSR count). The van der Waals surface area contributed by atoms with Crippen molar-refractivity contribution in [3.8, 4) is 0 Å². The Kier molecular flexibility index (Phi) is 5.65. The molecular weight excluding hydrogens is 391 g/mol. The van der Waals surface area contributed by atoms with Crippen molar-refractivity contribution in [3.05, 3.63) is 35.8 Å². The van der Waals surface area contributed by atoms with Crippen LogP contribution in [-0.2, 0) is 4.74 Å². The second-order valence-corrected chi connectivity index (χ2v) is 7.09. The SMILES string of the molecule is Cc1cc(Nc2nc(N[C@@H](C)c3ncc(F)cn3)nc(N3CCOC[C@@H]3C)n2)n[nH]1. The van der Waals surface area contributed by atoms with E-state index in [1.54, 1.807) is 0 Å². The summed E-state index contributed by atoms with van der Waals surface area (Å²) in [4.78, 5) is 23.7. The highest BCUT2D eigenvalue weighted by Crippen LogP contribution is 2.22. The smallest absolute Gasteiger partial charge is 0.235 e. The fourth-order valence-corrected chi connectivity index (χ4v) is 3.04. The summed E-state index contributed by atoms with van der Waals surface area (Å²) in [6.45, 7) is 7.66. The number of halogens is 1. The average Bonchev–Trinajstić information content (AvgIpc) is 3.13. The van der Waals surface area contributed by atoms with Gasteiger partial charge in [-0.25, -0.2) is 14.4 Å². The van der Waals surface area contributed by atoms with Crippen molar-refractivity contribution >= 4 is 23.7 Å². The minimum atomic E-state index is -0.490. The lowest BCUT2D eigenvalue weighted by Crippen LogP contribution is -2.44. The van der Waals surface area contributed by atoms with E-state index >= 15 is 0 Å². The molecule has 3 N–H and O–H groups in total. The third kappa shape index (κ3) is 4.59. The Labute approximate surface area is 172 Å². The zero-order chi connectivity index (χ0) is 21.1. The van der Waals surface area contributed by atoms with Crippen molar-refractivity contribution in [3.63, 3.8) is 0 Å². The summed E-state index contributed by atoms with van der Waals surface area (Å²) in [6, 6.07) is 1.62. The van der Waals surface area contributed by atoms with E-state index < -0.39 is 5.82 Å². The molecule has 0 unspecified atom stereocenters. The number of morpholine rings is 1. The number of aromatic amines is 1. The molecule has 1 aliphatic heterocycles. The van der Waals surface area contributed by atoms with Gasteiger partial charge in [0.25, 0.3) is 0 Å². The number of hydrogen-bond acceptors (Lipinski definition) is 10. The van der Waals surface area contributed by atoms with E-state index in [1.807, 2.05) is 19.9 Å². The third-order valence-electron chi connectivity index (χ3n) is 4.57. The van der Waals surface area contributed by atoms with Crippen LogP contribution >= 0.6 is 0 Å². The van der Waals surface area contributed by atoms with Crippen molar-refractivity contribution in [1.82, 2.24) is 35.1 Å². The van der Waals surface area contributed by atoms with Gasteiger partial charge in [-0.2, -0.15) is 20.1 Å².